The van der Waals surface area contributed by atoms with Crippen LogP contribution in [-0.4, -0.2) is 112 Å². The van der Waals surface area contributed by atoms with E-state index in [0.717, 1.165) is 18.7 Å². The largest absolute Gasteiger partial charge is 0.464 e. The molecule has 0 bridgehead atoms. The maximum Gasteiger partial charge on any atom is 0.337 e. The van der Waals surface area contributed by atoms with Gasteiger partial charge in [0.2, 0.25) is 0 Å². The van der Waals surface area contributed by atoms with Crippen LogP contribution >= 0.6 is 0 Å². The van der Waals surface area contributed by atoms with Crippen LogP contribution in [0.3, 0.4) is 0 Å². The van der Waals surface area contributed by atoms with Crippen molar-refractivity contribution < 1.29 is 34.4 Å². The van der Waals surface area contributed by atoms with Gasteiger partial charge in [0.1, 0.15) is 6.10 Å². The summed E-state index contributed by atoms with van der Waals surface area (Å²) in [5, 5.41) is 28.7. The van der Waals surface area contributed by atoms with Gasteiger partial charge in [0, 0.05) is 55.9 Å². The van der Waals surface area contributed by atoms with E-state index in [1.54, 1.807) is 6.92 Å². The highest BCUT2D eigenvalue weighted by Crippen LogP contribution is 2.35. The standard InChI is InChI=1S/C15H21NO4.C15H19NO2.C11H15NO/c1-3-20-15(19)14(18)13(17)12-9-16(12)10(2)11-7-5-4-6-8-11;1-3-18-15(17)10-9-14-11-16(14)12(2)13-7-5-4-6-8-13;1-9(12-7-11(12)8-13)10-5-3-2-4-6-10/h4-8,10,12-14,17-18H,3,9H2,1-2H3;4-10,12,14H,3,11H2,1-2H3;2-6,9,11,13H,7-8H2,1H3/b;10-9+;/t10-,12-,13+,14-,16?;12-,14+,16?;9-,11-,12?/m111/s1. The second kappa shape index (κ2) is 19.6. The summed E-state index contributed by atoms with van der Waals surface area (Å²) in [6, 6.07) is 32.3. The maximum absolute atomic E-state index is 11.4. The van der Waals surface area contributed by atoms with Gasteiger partial charge in [-0.2, -0.15) is 0 Å². The molecule has 3 saturated heterocycles. The molecular formula is C41H55N3O7. The van der Waals surface area contributed by atoms with Crippen molar-refractivity contribution in [3.05, 3.63) is 120 Å². The summed E-state index contributed by atoms with van der Waals surface area (Å²) in [7, 11) is 0. The van der Waals surface area contributed by atoms with Gasteiger partial charge in [-0.05, 0) is 51.3 Å². The predicted molar refractivity (Wildman–Crippen MR) is 198 cm³/mol. The Morgan fingerprint density at radius 1 is 0.706 bits per heavy atom. The first-order valence-electron chi connectivity index (χ1n) is 18.0. The monoisotopic (exact) mass is 701 g/mol. The normalized spacial score (nSPS) is 25.7. The molecule has 0 aromatic heterocycles. The fourth-order valence-electron chi connectivity index (χ4n) is 6.26. The van der Waals surface area contributed by atoms with Crippen LogP contribution in [0.2, 0.25) is 0 Å². The third-order valence-corrected chi connectivity index (χ3v) is 9.67. The van der Waals surface area contributed by atoms with E-state index in [-0.39, 0.29) is 31.3 Å². The molecule has 0 saturated carbocycles. The van der Waals surface area contributed by atoms with Crippen LogP contribution in [0.15, 0.2) is 103 Å². The number of aliphatic hydroxyl groups is 3. The molecule has 0 spiro atoms. The Kier molecular flexibility index (Phi) is 15.4. The second-order valence-corrected chi connectivity index (χ2v) is 13.1. The molecule has 10 nitrogen and oxygen atoms in total. The number of nitrogens with zero attached hydrogens (tertiary/aromatic N) is 3. The smallest absolute Gasteiger partial charge is 0.337 e. The lowest BCUT2D eigenvalue weighted by Crippen LogP contribution is -2.40. The van der Waals surface area contributed by atoms with E-state index in [4.69, 9.17) is 14.6 Å². The number of hydrogen-bond acceptors (Lipinski definition) is 10. The summed E-state index contributed by atoms with van der Waals surface area (Å²) in [5.74, 6) is -1.02. The topological polar surface area (TPSA) is 122 Å². The summed E-state index contributed by atoms with van der Waals surface area (Å²) < 4.78 is 9.57. The van der Waals surface area contributed by atoms with Crippen molar-refractivity contribution in [3.63, 3.8) is 0 Å². The van der Waals surface area contributed by atoms with Crippen LogP contribution in [0.4, 0.5) is 0 Å². The Balaban J connectivity index is 0.000000175. The predicted octanol–water partition coefficient (Wildman–Crippen LogP) is 4.69. The molecule has 3 aromatic carbocycles. The second-order valence-electron chi connectivity index (χ2n) is 13.1. The zero-order chi connectivity index (χ0) is 36.9. The zero-order valence-corrected chi connectivity index (χ0v) is 30.5. The first kappa shape index (κ1) is 39.9. The van der Waals surface area contributed by atoms with E-state index in [2.05, 4.69) is 72.2 Å². The van der Waals surface area contributed by atoms with Gasteiger partial charge in [0.05, 0.1) is 25.9 Å². The molecule has 10 heteroatoms. The van der Waals surface area contributed by atoms with E-state index in [9.17, 15) is 19.8 Å². The molecule has 3 aliphatic heterocycles. The van der Waals surface area contributed by atoms with Crippen molar-refractivity contribution in [2.24, 2.45) is 0 Å². The van der Waals surface area contributed by atoms with Gasteiger partial charge < -0.3 is 24.8 Å². The van der Waals surface area contributed by atoms with Gasteiger partial charge in [-0.3, -0.25) is 14.7 Å². The Labute approximate surface area is 302 Å². The van der Waals surface area contributed by atoms with Crippen LogP contribution in [0.1, 0.15) is 69.4 Å². The van der Waals surface area contributed by atoms with Crippen molar-refractivity contribution in [2.75, 3.05) is 39.5 Å². The Hall–Kier alpha value is -3.90. The molecule has 51 heavy (non-hydrogen) atoms. The summed E-state index contributed by atoms with van der Waals surface area (Å²) in [6.07, 6.45) is 0.872. The van der Waals surface area contributed by atoms with Crippen molar-refractivity contribution in [1.82, 2.24) is 14.7 Å². The van der Waals surface area contributed by atoms with Crippen LogP contribution in [0.25, 0.3) is 0 Å². The molecule has 0 radical (unpaired) electrons. The minimum atomic E-state index is -1.48. The molecule has 3 aliphatic rings. The number of aliphatic hydroxyl groups excluding tert-OH is 3. The maximum atomic E-state index is 11.4. The van der Waals surface area contributed by atoms with Crippen molar-refractivity contribution in [3.8, 4) is 0 Å². The van der Waals surface area contributed by atoms with E-state index in [1.807, 2.05) is 67.3 Å². The van der Waals surface area contributed by atoms with Gasteiger partial charge >= 0.3 is 11.9 Å². The number of carbonyl (C=O) groups excluding carboxylic acids is 2. The number of ether oxygens (including phenoxy) is 2. The molecule has 0 aliphatic carbocycles. The van der Waals surface area contributed by atoms with Gasteiger partial charge in [0.15, 0.2) is 6.10 Å². The third kappa shape index (κ3) is 11.8. The number of carbonyl (C=O) groups is 2. The number of esters is 2. The molecular weight excluding hydrogens is 646 g/mol. The SMILES string of the molecule is CCOC(=O)/C=C/[C@H]1CN1[C@H](C)c1ccccc1.CCOC(=O)[C@H](O)[C@@H](O)[C@H]1CN1[C@H](C)c1ccccc1.C[C@H](c1ccccc1)N1C[C@@H]1CO. The molecule has 3 fully saturated rings. The Bertz CT molecular complexity index is 1510. The van der Waals surface area contributed by atoms with Crippen LogP contribution in [0, 0.1) is 0 Å². The molecule has 0 amide bonds. The Morgan fingerprint density at radius 3 is 1.63 bits per heavy atom. The van der Waals surface area contributed by atoms with Crippen molar-refractivity contribution in [1.29, 1.82) is 0 Å². The first-order chi connectivity index (χ1) is 24.6. The minimum Gasteiger partial charge on any atom is -0.464 e. The fourth-order valence-corrected chi connectivity index (χ4v) is 6.26. The number of hydrogen-bond donors (Lipinski definition) is 3. The first-order valence-corrected chi connectivity index (χ1v) is 18.0. The molecule has 3 N–H and O–H groups in total. The highest BCUT2D eigenvalue weighted by atomic mass is 16.5. The van der Waals surface area contributed by atoms with Crippen LogP contribution in [0.5, 0.6) is 0 Å². The highest BCUT2D eigenvalue weighted by Gasteiger charge is 2.47. The quantitative estimate of drug-likeness (QED) is 0.124. The van der Waals surface area contributed by atoms with Crippen molar-refractivity contribution in [2.45, 2.75) is 83.1 Å². The van der Waals surface area contributed by atoms with Gasteiger partial charge in [-0.25, -0.2) is 9.59 Å². The fraction of sp³-hybridized carbons (Fsp3) is 0.463. The number of rotatable bonds is 14. The lowest BCUT2D eigenvalue weighted by atomic mass is 10.1. The van der Waals surface area contributed by atoms with E-state index < -0.39 is 18.2 Å². The van der Waals surface area contributed by atoms with Crippen LogP contribution < -0.4 is 0 Å². The lowest BCUT2D eigenvalue weighted by molar-refractivity contribution is -0.159. The summed E-state index contributed by atoms with van der Waals surface area (Å²) in [4.78, 5) is 29.3. The lowest BCUT2D eigenvalue weighted by Gasteiger charge is -2.19. The Morgan fingerprint density at radius 2 is 1.18 bits per heavy atom. The zero-order valence-electron chi connectivity index (χ0n) is 30.5. The summed E-state index contributed by atoms with van der Waals surface area (Å²) in [5.41, 5.74) is 3.79. The molecule has 3 unspecified atom stereocenters. The molecule has 6 rings (SSSR count). The van der Waals surface area contributed by atoms with E-state index in [1.165, 1.54) is 17.2 Å². The van der Waals surface area contributed by atoms with Gasteiger partial charge in [0.25, 0.3) is 0 Å². The highest BCUT2D eigenvalue weighted by molar-refractivity contribution is 5.82. The van der Waals surface area contributed by atoms with Gasteiger partial charge in [-0.15, -0.1) is 0 Å². The average molecular weight is 702 g/mol. The summed E-state index contributed by atoms with van der Waals surface area (Å²) in [6.45, 7) is 13.5. The van der Waals surface area contributed by atoms with Gasteiger partial charge in [-0.1, -0.05) is 97.1 Å². The molecule has 3 heterocycles. The summed E-state index contributed by atoms with van der Waals surface area (Å²) >= 11 is 0. The number of benzene rings is 3. The third-order valence-electron chi connectivity index (χ3n) is 9.67. The molecule has 3 aromatic rings. The minimum absolute atomic E-state index is 0.144. The van der Waals surface area contributed by atoms with E-state index in [0.29, 0.717) is 37.3 Å². The van der Waals surface area contributed by atoms with Crippen LogP contribution in [-0.2, 0) is 19.1 Å². The molecule has 11 atom stereocenters. The molecule has 276 valence electrons. The van der Waals surface area contributed by atoms with Crippen molar-refractivity contribution >= 4 is 11.9 Å². The van der Waals surface area contributed by atoms with E-state index >= 15 is 0 Å². The average Bonchev–Trinajstić information content (AvgIpc) is 4.06.